The normalized spacial score (nSPS) is 15.7. The molecule has 112 valence electrons. The Balaban J connectivity index is 2.53. The number of aliphatic hydroxyl groups is 1. The van der Waals surface area contributed by atoms with Gasteiger partial charge in [0, 0.05) is 12.5 Å². The maximum atomic E-state index is 11.6. The molecule has 0 radical (unpaired) electrons. The average Bonchev–Trinajstić information content (AvgIpc) is 2.46. The lowest BCUT2D eigenvalue weighted by molar-refractivity contribution is 0.0134. The number of hydrogen-bond acceptors (Lipinski definition) is 2. The summed E-state index contributed by atoms with van der Waals surface area (Å²) in [4.78, 5) is 2.12. The summed E-state index contributed by atoms with van der Waals surface area (Å²) < 4.78 is 0. The first-order valence-corrected chi connectivity index (χ1v) is 7.44. The maximum Gasteiger partial charge on any atom is 0.118 e. The van der Waals surface area contributed by atoms with Crippen LogP contribution in [0, 0.1) is 12.8 Å². The standard InChI is InChI=1S/C19H25NO/c1-15-9-8-12-18(13-15)19(21,16(2)14-20(3)4)17-10-6-5-7-11-17/h5-13,16,21H,14H2,1-4H3/t16-,19+/m0/s1. The monoisotopic (exact) mass is 283 g/mol. The zero-order chi connectivity index (χ0) is 15.5. The van der Waals surface area contributed by atoms with Gasteiger partial charge in [0.2, 0.25) is 0 Å². The second-order valence-electron chi connectivity index (χ2n) is 6.17. The molecule has 0 aliphatic rings. The largest absolute Gasteiger partial charge is 0.380 e. The number of rotatable bonds is 5. The lowest BCUT2D eigenvalue weighted by atomic mass is 9.76. The molecule has 1 N–H and O–H groups in total. The lowest BCUT2D eigenvalue weighted by Crippen LogP contribution is -2.40. The minimum absolute atomic E-state index is 0.0803. The number of nitrogens with zero attached hydrogens (tertiary/aromatic N) is 1. The third kappa shape index (κ3) is 3.34. The van der Waals surface area contributed by atoms with E-state index in [2.05, 4.69) is 30.9 Å². The minimum atomic E-state index is -0.975. The molecule has 2 heteroatoms. The molecule has 0 saturated carbocycles. The van der Waals surface area contributed by atoms with Gasteiger partial charge in [-0.25, -0.2) is 0 Å². The first-order chi connectivity index (χ1) is 9.94. The van der Waals surface area contributed by atoms with Crippen LogP contribution < -0.4 is 0 Å². The molecule has 0 aromatic heterocycles. The van der Waals surface area contributed by atoms with Crippen molar-refractivity contribution < 1.29 is 5.11 Å². The summed E-state index contributed by atoms with van der Waals surface area (Å²) in [6, 6.07) is 18.1. The van der Waals surface area contributed by atoms with Gasteiger partial charge in [-0.2, -0.15) is 0 Å². The van der Waals surface area contributed by atoms with Crippen LogP contribution in [0.15, 0.2) is 54.6 Å². The van der Waals surface area contributed by atoms with E-state index in [0.717, 1.165) is 17.7 Å². The van der Waals surface area contributed by atoms with Crippen LogP contribution in [0.5, 0.6) is 0 Å². The van der Waals surface area contributed by atoms with Crippen LogP contribution in [-0.2, 0) is 5.60 Å². The molecule has 0 aliphatic carbocycles. The number of aryl methyl sites for hydroxylation is 1. The van der Waals surface area contributed by atoms with E-state index in [4.69, 9.17) is 0 Å². The first-order valence-electron chi connectivity index (χ1n) is 7.44. The molecule has 0 saturated heterocycles. The van der Waals surface area contributed by atoms with E-state index in [9.17, 15) is 5.11 Å². The van der Waals surface area contributed by atoms with E-state index in [0.29, 0.717) is 0 Å². The van der Waals surface area contributed by atoms with Gasteiger partial charge >= 0.3 is 0 Å². The first kappa shape index (κ1) is 15.7. The van der Waals surface area contributed by atoms with E-state index in [1.54, 1.807) is 0 Å². The van der Waals surface area contributed by atoms with Gasteiger partial charge in [-0.15, -0.1) is 0 Å². The zero-order valence-corrected chi connectivity index (χ0v) is 13.4. The molecule has 0 aliphatic heterocycles. The van der Waals surface area contributed by atoms with E-state index < -0.39 is 5.60 Å². The summed E-state index contributed by atoms with van der Waals surface area (Å²) in [5.74, 6) is 0.0803. The molecule has 21 heavy (non-hydrogen) atoms. The highest BCUT2D eigenvalue weighted by atomic mass is 16.3. The Labute approximate surface area is 128 Å². The zero-order valence-electron chi connectivity index (χ0n) is 13.4. The van der Waals surface area contributed by atoms with Gasteiger partial charge in [0.15, 0.2) is 0 Å². The smallest absolute Gasteiger partial charge is 0.118 e. The van der Waals surface area contributed by atoms with Crippen LogP contribution in [0.4, 0.5) is 0 Å². The maximum absolute atomic E-state index is 11.6. The van der Waals surface area contributed by atoms with Crippen molar-refractivity contribution in [2.45, 2.75) is 19.4 Å². The predicted molar refractivity (Wildman–Crippen MR) is 88.3 cm³/mol. The van der Waals surface area contributed by atoms with Gasteiger partial charge in [-0.3, -0.25) is 0 Å². The van der Waals surface area contributed by atoms with Crippen molar-refractivity contribution >= 4 is 0 Å². The van der Waals surface area contributed by atoms with E-state index >= 15 is 0 Å². The molecule has 2 atom stereocenters. The number of benzene rings is 2. The Morgan fingerprint density at radius 1 is 1.00 bits per heavy atom. The van der Waals surface area contributed by atoms with Gasteiger partial charge in [0.1, 0.15) is 5.60 Å². The van der Waals surface area contributed by atoms with Crippen molar-refractivity contribution in [3.8, 4) is 0 Å². The molecule has 2 nitrogen and oxygen atoms in total. The molecule has 0 spiro atoms. The summed E-state index contributed by atoms with van der Waals surface area (Å²) in [5, 5.41) is 11.6. The molecule has 0 amide bonds. The second-order valence-corrected chi connectivity index (χ2v) is 6.17. The topological polar surface area (TPSA) is 23.5 Å². The second kappa shape index (κ2) is 6.42. The van der Waals surface area contributed by atoms with Crippen molar-refractivity contribution in [2.24, 2.45) is 5.92 Å². The highest BCUT2D eigenvalue weighted by Gasteiger charge is 2.37. The fourth-order valence-corrected chi connectivity index (χ4v) is 2.99. The summed E-state index contributed by atoms with van der Waals surface area (Å²) in [6.45, 7) is 4.99. The third-order valence-corrected chi connectivity index (χ3v) is 4.02. The lowest BCUT2D eigenvalue weighted by Gasteiger charge is -2.37. The fourth-order valence-electron chi connectivity index (χ4n) is 2.99. The Morgan fingerprint density at radius 3 is 2.19 bits per heavy atom. The van der Waals surface area contributed by atoms with Gasteiger partial charge in [-0.05, 0) is 32.1 Å². The Morgan fingerprint density at radius 2 is 1.62 bits per heavy atom. The van der Waals surface area contributed by atoms with Crippen molar-refractivity contribution in [3.63, 3.8) is 0 Å². The molecule has 0 heterocycles. The molecule has 2 rings (SSSR count). The van der Waals surface area contributed by atoms with Crippen molar-refractivity contribution in [1.82, 2.24) is 4.90 Å². The van der Waals surface area contributed by atoms with Gasteiger partial charge in [0.05, 0.1) is 0 Å². The third-order valence-electron chi connectivity index (χ3n) is 4.02. The summed E-state index contributed by atoms with van der Waals surface area (Å²) in [7, 11) is 4.08. The Kier molecular flexibility index (Phi) is 4.81. The van der Waals surface area contributed by atoms with Crippen molar-refractivity contribution in [3.05, 3.63) is 71.3 Å². The average molecular weight is 283 g/mol. The minimum Gasteiger partial charge on any atom is -0.380 e. The van der Waals surface area contributed by atoms with Gasteiger partial charge in [-0.1, -0.05) is 67.1 Å². The van der Waals surface area contributed by atoms with E-state index in [-0.39, 0.29) is 5.92 Å². The van der Waals surface area contributed by atoms with Crippen LogP contribution >= 0.6 is 0 Å². The molecule has 0 unspecified atom stereocenters. The predicted octanol–water partition coefficient (Wildman–Crippen LogP) is 3.43. The van der Waals surface area contributed by atoms with E-state index in [1.165, 1.54) is 5.56 Å². The quantitative estimate of drug-likeness (QED) is 0.909. The highest BCUT2D eigenvalue weighted by Crippen LogP contribution is 2.37. The Hall–Kier alpha value is -1.64. The van der Waals surface area contributed by atoms with Crippen molar-refractivity contribution in [2.75, 3.05) is 20.6 Å². The number of hydrogen-bond donors (Lipinski definition) is 1. The van der Waals surface area contributed by atoms with E-state index in [1.807, 2.05) is 56.6 Å². The van der Waals surface area contributed by atoms with Gasteiger partial charge < -0.3 is 10.0 Å². The Bertz CT molecular complexity index is 579. The van der Waals surface area contributed by atoms with Crippen LogP contribution in [-0.4, -0.2) is 30.6 Å². The molecule has 0 bridgehead atoms. The van der Waals surface area contributed by atoms with Crippen LogP contribution in [0.1, 0.15) is 23.6 Å². The van der Waals surface area contributed by atoms with Crippen molar-refractivity contribution in [1.29, 1.82) is 0 Å². The van der Waals surface area contributed by atoms with Gasteiger partial charge in [0.25, 0.3) is 0 Å². The van der Waals surface area contributed by atoms with Crippen LogP contribution in [0.2, 0.25) is 0 Å². The van der Waals surface area contributed by atoms with Crippen LogP contribution in [0.3, 0.4) is 0 Å². The highest BCUT2D eigenvalue weighted by molar-refractivity contribution is 5.38. The summed E-state index contributed by atoms with van der Waals surface area (Å²) in [6.07, 6.45) is 0. The molecular weight excluding hydrogens is 258 g/mol. The fraction of sp³-hybridized carbons (Fsp3) is 0.368. The van der Waals surface area contributed by atoms with Crippen LogP contribution in [0.25, 0.3) is 0 Å². The summed E-state index contributed by atoms with van der Waals surface area (Å²) in [5.41, 5.74) is 2.10. The molecule has 0 fully saturated rings. The molecular formula is C19H25NO. The molecule has 2 aromatic rings. The molecule has 2 aromatic carbocycles. The SMILES string of the molecule is Cc1cccc([C@](O)(c2ccccc2)[C@@H](C)CN(C)C)c1. The summed E-state index contributed by atoms with van der Waals surface area (Å²) >= 11 is 0.